The van der Waals surface area contributed by atoms with Crippen molar-refractivity contribution in [2.24, 2.45) is 5.92 Å². The first-order valence-electron chi connectivity index (χ1n) is 6.36. The SMILES string of the molecule is CCN(c1ccccc1)C1COCCC1C(=O)O. The largest absolute Gasteiger partial charge is 0.481 e. The number of hydrogen-bond acceptors (Lipinski definition) is 3. The van der Waals surface area contributed by atoms with Crippen LogP contribution in [0.25, 0.3) is 0 Å². The Labute approximate surface area is 107 Å². The van der Waals surface area contributed by atoms with E-state index in [0.717, 1.165) is 12.2 Å². The van der Waals surface area contributed by atoms with Gasteiger partial charge in [-0.05, 0) is 25.5 Å². The molecule has 18 heavy (non-hydrogen) atoms. The van der Waals surface area contributed by atoms with E-state index >= 15 is 0 Å². The highest BCUT2D eigenvalue weighted by molar-refractivity contribution is 5.72. The normalized spacial score (nSPS) is 23.6. The van der Waals surface area contributed by atoms with Gasteiger partial charge in [0, 0.05) is 18.8 Å². The molecule has 1 aliphatic heterocycles. The maximum Gasteiger partial charge on any atom is 0.308 e. The number of nitrogens with zero attached hydrogens (tertiary/aromatic N) is 1. The van der Waals surface area contributed by atoms with Crippen LogP contribution in [-0.2, 0) is 9.53 Å². The number of para-hydroxylation sites is 1. The molecule has 2 unspecified atom stereocenters. The van der Waals surface area contributed by atoms with Crippen LogP contribution in [0.2, 0.25) is 0 Å². The topological polar surface area (TPSA) is 49.8 Å². The van der Waals surface area contributed by atoms with Crippen molar-refractivity contribution in [1.82, 2.24) is 0 Å². The van der Waals surface area contributed by atoms with Crippen LogP contribution in [0, 0.1) is 5.92 Å². The molecule has 0 spiro atoms. The third kappa shape index (κ3) is 2.64. The van der Waals surface area contributed by atoms with Gasteiger partial charge in [0.1, 0.15) is 0 Å². The van der Waals surface area contributed by atoms with Crippen LogP contribution in [0.15, 0.2) is 30.3 Å². The van der Waals surface area contributed by atoms with Gasteiger partial charge in [0.15, 0.2) is 0 Å². The lowest BCUT2D eigenvalue weighted by Crippen LogP contribution is -2.49. The molecule has 0 aromatic heterocycles. The van der Waals surface area contributed by atoms with Crippen LogP contribution in [-0.4, -0.2) is 36.9 Å². The van der Waals surface area contributed by atoms with Gasteiger partial charge < -0.3 is 14.7 Å². The van der Waals surface area contributed by atoms with E-state index in [9.17, 15) is 9.90 Å². The monoisotopic (exact) mass is 249 g/mol. The number of ether oxygens (including phenoxy) is 1. The number of aliphatic carboxylic acids is 1. The van der Waals surface area contributed by atoms with Crippen LogP contribution < -0.4 is 4.90 Å². The van der Waals surface area contributed by atoms with Crippen LogP contribution in [0.1, 0.15) is 13.3 Å². The van der Waals surface area contributed by atoms with Gasteiger partial charge in [0.25, 0.3) is 0 Å². The number of likely N-dealkylation sites (N-methyl/N-ethyl adjacent to an activating group) is 1. The van der Waals surface area contributed by atoms with E-state index in [1.807, 2.05) is 37.3 Å². The second-order valence-corrected chi connectivity index (χ2v) is 4.50. The van der Waals surface area contributed by atoms with Gasteiger partial charge in [0.05, 0.1) is 18.6 Å². The Hall–Kier alpha value is -1.55. The zero-order chi connectivity index (χ0) is 13.0. The summed E-state index contributed by atoms with van der Waals surface area (Å²) >= 11 is 0. The van der Waals surface area contributed by atoms with E-state index in [1.165, 1.54) is 0 Å². The van der Waals surface area contributed by atoms with Crippen molar-refractivity contribution in [2.45, 2.75) is 19.4 Å². The molecule has 4 nitrogen and oxygen atoms in total. The number of carbonyl (C=O) groups is 1. The maximum absolute atomic E-state index is 11.3. The number of hydrogen-bond donors (Lipinski definition) is 1. The summed E-state index contributed by atoms with van der Waals surface area (Å²) in [6.45, 7) is 3.85. The molecule has 0 amide bonds. The van der Waals surface area contributed by atoms with E-state index in [4.69, 9.17) is 4.74 Å². The summed E-state index contributed by atoms with van der Waals surface area (Å²) in [5.41, 5.74) is 1.06. The molecule has 2 rings (SSSR count). The minimum Gasteiger partial charge on any atom is -0.481 e. The number of carboxylic acids is 1. The summed E-state index contributed by atoms with van der Waals surface area (Å²) in [5, 5.41) is 9.32. The van der Waals surface area contributed by atoms with Crippen molar-refractivity contribution < 1.29 is 14.6 Å². The Morgan fingerprint density at radius 1 is 1.44 bits per heavy atom. The first-order valence-corrected chi connectivity index (χ1v) is 6.36. The van der Waals surface area contributed by atoms with Crippen LogP contribution in [0.3, 0.4) is 0 Å². The summed E-state index contributed by atoms with van der Waals surface area (Å²) in [6, 6.07) is 9.84. The molecule has 1 N–H and O–H groups in total. The lowest BCUT2D eigenvalue weighted by atomic mass is 9.93. The van der Waals surface area contributed by atoms with E-state index < -0.39 is 5.97 Å². The molecule has 0 bridgehead atoms. The third-order valence-corrected chi connectivity index (χ3v) is 3.47. The van der Waals surface area contributed by atoms with E-state index in [0.29, 0.717) is 19.6 Å². The number of rotatable bonds is 4. The minimum atomic E-state index is -0.724. The molecule has 0 aliphatic carbocycles. The van der Waals surface area contributed by atoms with Crippen molar-refractivity contribution in [2.75, 3.05) is 24.7 Å². The summed E-state index contributed by atoms with van der Waals surface area (Å²) in [5.74, 6) is -1.07. The maximum atomic E-state index is 11.3. The minimum absolute atomic E-state index is 0.0800. The zero-order valence-corrected chi connectivity index (χ0v) is 10.6. The summed E-state index contributed by atoms with van der Waals surface area (Å²) < 4.78 is 5.46. The standard InChI is InChI=1S/C14H19NO3/c1-2-15(11-6-4-3-5-7-11)13-10-18-9-8-12(13)14(16)17/h3-7,12-13H,2,8-10H2,1H3,(H,16,17). The van der Waals surface area contributed by atoms with E-state index in [-0.39, 0.29) is 12.0 Å². The first kappa shape index (κ1) is 12.9. The molecule has 0 saturated carbocycles. The van der Waals surface area contributed by atoms with Gasteiger partial charge in [-0.3, -0.25) is 4.79 Å². The van der Waals surface area contributed by atoms with Gasteiger partial charge in [0.2, 0.25) is 0 Å². The molecule has 1 fully saturated rings. The molecule has 1 aromatic rings. The molecule has 98 valence electrons. The van der Waals surface area contributed by atoms with Crippen LogP contribution >= 0.6 is 0 Å². The predicted octanol–water partition coefficient (Wildman–Crippen LogP) is 2.00. The second kappa shape index (κ2) is 5.87. The average Bonchev–Trinajstić information content (AvgIpc) is 2.41. The molecule has 2 atom stereocenters. The summed E-state index contributed by atoms with van der Waals surface area (Å²) in [7, 11) is 0. The molecule has 4 heteroatoms. The third-order valence-electron chi connectivity index (χ3n) is 3.47. The molecule has 1 aliphatic rings. The quantitative estimate of drug-likeness (QED) is 0.886. The van der Waals surface area contributed by atoms with E-state index in [1.54, 1.807) is 0 Å². The highest BCUT2D eigenvalue weighted by Crippen LogP contribution is 2.26. The Morgan fingerprint density at radius 3 is 2.78 bits per heavy atom. The molecule has 1 aromatic carbocycles. The molecular formula is C14H19NO3. The van der Waals surface area contributed by atoms with Crippen molar-refractivity contribution in [3.63, 3.8) is 0 Å². The summed E-state index contributed by atoms with van der Waals surface area (Å²) in [6.07, 6.45) is 0.587. The molecule has 0 radical (unpaired) electrons. The smallest absolute Gasteiger partial charge is 0.308 e. The van der Waals surface area contributed by atoms with Gasteiger partial charge in [-0.2, -0.15) is 0 Å². The van der Waals surface area contributed by atoms with Crippen LogP contribution in [0.4, 0.5) is 5.69 Å². The van der Waals surface area contributed by atoms with Gasteiger partial charge in [-0.15, -0.1) is 0 Å². The zero-order valence-electron chi connectivity index (χ0n) is 10.6. The number of anilines is 1. The van der Waals surface area contributed by atoms with Gasteiger partial charge in [-0.1, -0.05) is 18.2 Å². The number of benzene rings is 1. The first-order chi connectivity index (χ1) is 8.74. The van der Waals surface area contributed by atoms with E-state index in [2.05, 4.69) is 4.90 Å². The molecule has 1 heterocycles. The van der Waals surface area contributed by atoms with Crippen molar-refractivity contribution in [3.8, 4) is 0 Å². The lowest BCUT2D eigenvalue weighted by Gasteiger charge is -2.38. The molecular weight excluding hydrogens is 230 g/mol. The van der Waals surface area contributed by atoms with Crippen molar-refractivity contribution >= 4 is 11.7 Å². The predicted molar refractivity (Wildman–Crippen MR) is 69.8 cm³/mol. The summed E-state index contributed by atoms with van der Waals surface area (Å²) in [4.78, 5) is 13.5. The fourth-order valence-electron chi connectivity index (χ4n) is 2.55. The fraction of sp³-hybridized carbons (Fsp3) is 0.500. The van der Waals surface area contributed by atoms with Gasteiger partial charge in [-0.25, -0.2) is 0 Å². The van der Waals surface area contributed by atoms with Crippen LogP contribution in [0.5, 0.6) is 0 Å². The fourth-order valence-corrected chi connectivity index (χ4v) is 2.55. The Morgan fingerprint density at radius 2 is 2.17 bits per heavy atom. The highest BCUT2D eigenvalue weighted by atomic mass is 16.5. The van der Waals surface area contributed by atoms with Gasteiger partial charge >= 0.3 is 5.97 Å². The van der Waals surface area contributed by atoms with Crippen molar-refractivity contribution in [1.29, 1.82) is 0 Å². The average molecular weight is 249 g/mol. The highest BCUT2D eigenvalue weighted by Gasteiger charge is 2.35. The Bertz CT molecular complexity index is 393. The Kier molecular flexibility index (Phi) is 4.20. The van der Waals surface area contributed by atoms with Crippen molar-refractivity contribution in [3.05, 3.63) is 30.3 Å². The molecule has 1 saturated heterocycles. The lowest BCUT2D eigenvalue weighted by molar-refractivity contribution is -0.145. The number of carboxylic acid groups (broad SMARTS) is 1. The Balaban J connectivity index is 2.22. The second-order valence-electron chi connectivity index (χ2n) is 4.50.